The maximum Gasteiger partial charge on any atom is 0.266 e. The van der Waals surface area contributed by atoms with Gasteiger partial charge in [0.25, 0.3) is 23.6 Å². The molecular formula is C22H10I2N2O4. The summed E-state index contributed by atoms with van der Waals surface area (Å²) in [7, 11) is 0. The summed E-state index contributed by atoms with van der Waals surface area (Å²) in [6.07, 6.45) is 0. The smallest absolute Gasteiger partial charge is 0.266 e. The first-order chi connectivity index (χ1) is 14.4. The van der Waals surface area contributed by atoms with E-state index >= 15 is 0 Å². The molecule has 3 aromatic rings. The van der Waals surface area contributed by atoms with Gasteiger partial charge in [0, 0.05) is 7.14 Å². The first-order valence-corrected chi connectivity index (χ1v) is 11.0. The number of carbonyl (C=O) groups excluding carboxylic acids is 4. The van der Waals surface area contributed by atoms with Gasteiger partial charge in [-0.3, -0.25) is 19.2 Å². The molecule has 8 heteroatoms. The Kier molecular flexibility index (Phi) is 4.51. The fraction of sp³-hybridized carbons (Fsp3) is 0. The third-order valence-electron chi connectivity index (χ3n) is 5.06. The van der Waals surface area contributed by atoms with Crippen molar-refractivity contribution in [1.82, 2.24) is 0 Å². The minimum absolute atomic E-state index is 0.361. The van der Waals surface area contributed by atoms with E-state index in [1.807, 2.05) is 0 Å². The second-order valence-corrected chi connectivity index (χ2v) is 9.28. The molecule has 0 aliphatic carbocycles. The third-order valence-corrected chi connectivity index (χ3v) is 6.41. The second-order valence-electron chi connectivity index (χ2n) is 6.79. The molecule has 5 rings (SSSR count). The van der Waals surface area contributed by atoms with Crippen LogP contribution in [0.3, 0.4) is 0 Å². The van der Waals surface area contributed by atoms with Gasteiger partial charge in [0.05, 0.1) is 33.6 Å². The normalized spacial score (nSPS) is 15.1. The molecule has 6 nitrogen and oxygen atoms in total. The van der Waals surface area contributed by atoms with Gasteiger partial charge >= 0.3 is 0 Å². The Morgan fingerprint density at radius 3 is 1.17 bits per heavy atom. The summed E-state index contributed by atoms with van der Waals surface area (Å²) < 4.78 is 1.73. The van der Waals surface area contributed by atoms with E-state index in [-0.39, 0.29) is 0 Å². The summed E-state index contributed by atoms with van der Waals surface area (Å²) in [5, 5.41) is 0. The number of amides is 4. The average Bonchev–Trinajstić information content (AvgIpc) is 3.12. The number of rotatable bonds is 2. The summed E-state index contributed by atoms with van der Waals surface area (Å²) >= 11 is 4.18. The SMILES string of the molecule is O=C1c2ccc(I)cc2C(=O)N1c1ccc(N2C(=O)c3ccc(I)cc3C2=O)cc1. The van der Waals surface area contributed by atoms with Crippen LogP contribution in [0.1, 0.15) is 41.4 Å². The lowest BCUT2D eigenvalue weighted by Crippen LogP contribution is -2.30. The molecule has 0 saturated heterocycles. The van der Waals surface area contributed by atoms with Crippen molar-refractivity contribution in [3.63, 3.8) is 0 Å². The van der Waals surface area contributed by atoms with E-state index in [9.17, 15) is 19.2 Å². The molecule has 0 saturated carbocycles. The number of carbonyl (C=O) groups is 4. The lowest BCUT2D eigenvalue weighted by molar-refractivity contribution is 0.0909. The fourth-order valence-corrected chi connectivity index (χ4v) is 4.63. The zero-order valence-corrected chi connectivity index (χ0v) is 19.4. The maximum atomic E-state index is 12.8. The summed E-state index contributed by atoms with van der Waals surface area (Å²) in [4.78, 5) is 53.2. The van der Waals surface area contributed by atoms with Gasteiger partial charge in [0.15, 0.2) is 0 Å². The van der Waals surface area contributed by atoms with Crippen molar-refractivity contribution in [3.8, 4) is 0 Å². The van der Waals surface area contributed by atoms with Gasteiger partial charge in [-0.05, 0) is 106 Å². The number of hydrogen-bond acceptors (Lipinski definition) is 4. The molecule has 0 unspecified atom stereocenters. The van der Waals surface area contributed by atoms with Crippen molar-refractivity contribution in [3.05, 3.63) is 90.1 Å². The first-order valence-electron chi connectivity index (χ1n) is 8.83. The van der Waals surface area contributed by atoms with Gasteiger partial charge in [0.1, 0.15) is 0 Å². The molecule has 0 N–H and O–H groups in total. The number of halogens is 2. The van der Waals surface area contributed by atoms with E-state index in [0.717, 1.165) is 16.9 Å². The van der Waals surface area contributed by atoms with Crippen molar-refractivity contribution in [1.29, 1.82) is 0 Å². The average molecular weight is 620 g/mol. The fourth-order valence-electron chi connectivity index (χ4n) is 3.65. The van der Waals surface area contributed by atoms with Crippen LogP contribution in [-0.2, 0) is 0 Å². The zero-order chi connectivity index (χ0) is 21.2. The third kappa shape index (κ3) is 2.81. The minimum Gasteiger partial charge on any atom is -0.268 e. The van der Waals surface area contributed by atoms with Crippen LogP contribution in [0.25, 0.3) is 0 Å². The van der Waals surface area contributed by atoms with Crippen LogP contribution in [-0.4, -0.2) is 23.6 Å². The van der Waals surface area contributed by atoms with Gasteiger partial charge in [-0.2, -0.15) is 0 Å². The molecular weight excluding hydrogens is 610 g/mol. The van der Waals surface area contributed by atoms with Crippen molar-refractivity contribution in [2.45, 2.75) is 0 Å². The highest BCUT2D eigenvalue weighted by molar-refractivity contribution is 14.1. The molecule has 3 aromatic carbocycles. The first kappa shape index (κ1) is 19.4. The monoisotopic (exact) mass is 620 g/mol. The summed E-state index contributed by atoms with van der Waals surface area (Å²) in [5.41, 5.74) is 2.22. The Morgan fingerprint density at radius 2 is 0.800 bits per heavy atom. The van der Waals surface area contributed by atoms with Crippen LogP contribution >= 0.6 is 45.2 Å². The molecule has 146 valence electrons. The molecule has 0 spiro atoms. The van der Waals surface area contributed by atoms with Crippen LogP contribution in [0.4, 0.5) is 11.4 Å². The van der Waals surface area contributed by atoms with Crippen LogP contribution in [0, 0.1) is 7.14 Å². The van der Waals surface area contributed by atoms with Gasteiger partial charge in [0.2, 0.25) is 0 Å². The zero-order valence-electron chi connectivity index (χ0n) is 15.1. The highest BCUT2D eigenvalue weighted by Crippen LogP contribution is 2.33. The Hall–Kier alpha value is -2.60. The highest BCUT2D eigenvalue weighted by Gasteiger charge is 2.38. The predicted molar refractivity (Wildman–Crippen MR) is 127 cm³/mol. The van der Waals surface area contributed by atoms with Crippen LogP contribution in [0.2, 0.25) is 0 Å². The van der Waals surface area contributed by atoms with Crippen molar-refractivity contribution < 1.29 is 19.2 Å². The minimum atomic E-state index is -0.394. The molecule has 0 radical (unpaired) electrons. The quantitative estimate of drug-likeness (QED) is 0.313. The Morgan fingerprint density at radius 1 is 0.467 bits per heavy atom. The predicted octanol–water partition coefficient (Wildman–Crippen LogP) is 4.50. The lowest BCUT2D eigenvalue weighted by atomic mass is 10.1. The highest BCUT2D eigenvalue weighted by atomic mass is 127. The molecule has 2 aliphatic heterocycles. The van der Waals surface area contributed by atoms with Crippen LogP contribution in [0.5, 0.6) is 0 Å². The molecule has 0 fully saturated rings. The number of benzene rings is 3. The number of hydrogen-bond donors (Lipinski definition) is 0. The van der Waals surface area contributed by atoms with E-state index in [1.54, 1.807) is 60.7 Å². The lowest BCUT2D eigenvalue weighted by Gasteiger charge is -2.17. The van der Waals surface area contributed by atoms with Gasteiger partial charge < -0.3 is 0 Å². The molecule has 30 heavy (non-hydrogen) atoms. The number of anilines is 2. The summed E-state index contributed by atoms with van der Waals surface area (Å²) in [6.45, 7) is 0. The van der Waals surface area contributed by atoms with E-state index in [1.165, 1.54) is 0 Å². The second kappa shape index (κ2) is 6.98. The molecule has 0 atom stereocenters. The molecule has 2 aliphatic rings. The van der Waals surface area contributed by atoms with E-state index < -0.39 is 23.6 Å². The summed E-state index contributed by atoms with van der Waals surface area (Å²) in [6, 6.07) is 16.5. The standard InChI is InChI=1S/C22H10I2N2O4/c23-11-1-7-15-17(9-11)21(29)25(19(15)27)13-3-5-14(6-4-13)26-20(28)16-8-2-12(24)10-18(16)22(26)30/h1-10H. The van der Waals surface area contributed by atoms with Gasteiger partial charge in [-0.1, -0.05) is 0 Å². The van der Waals surface area contributed by atoms with Crippen molar-refractivity contribution in [2.24, 2.45) is 0 Å². The van der Waals surface area contributed by atoms with Crippen LogP contribution < -0.4 is 9.80 Å². The van der Waals surface area contributed by atoms with Crippen molar-refractivity contribution in [2.75, 3.05) is 9.80 Å². The molecule has 0 aromatic heterocycles. The number of imide groups is 2. The number of nitrogens with zero attached hydrogens (tertiary/aromatic N) is 2. The van der Waals surface area contributed by atoms with Crippen LogP contribution in [0.15, 0.2) is 60.7 Å². The topological polar surface area (TPSA) is 74.8 Å². The van der Waals surface area contributed by atoms with E-state index in [4.69, 9.17) is 0 Å². The molecule has 0 bridgehead atoms. The summed E-state index contributed by atoms with van der Waals surface area (Å²) in [5.74, 6) is -1.57. The Bertz CT molecular complexity index is 1200. The molecule has 4 amide bonds. The Balaban J connectivity index is 1.48. The molecule has 2 heterocycles. The van der Waals surface area contributed by atoms with E-state index in [0.29, 0.717) is 33.6 Å². The maximum absolute atomic E-state index is 12.8. The van der Waals surface area contributed by atoms with E-state index in [2.05, 4.69) is 45.2 Å². The largest absolute Gasteiger partial charge is 0.268 e. The van der Waals surface area contributed by atoms with Gasteiger partial charge in [-0.15, -0.1) is 0 Å². The Labute approximate surface area is 198 Å². The van der Waals surface area contributed by atoms with Crippen molar-refractivity contribution >= 4 is 80.2 Å². The van der Waals surface area contributed by atoms with Gasteiger partial charge in [-0.25, -0.2) is 9.80 Å². The number of fused-ring (bicyclic) bond motifs is 2.